The summed E-state index contributed by atoms with van der Waals surface area (Å²) in [5.74, 6) is 0.160. The number of carbonyl (C=O) groups excluding carboxylic acids is 1. The van der Waals surface area contributed by atoms with E-state index >= 15 is 0 Å². The van der Waals surface area contributed by atoms with Crippen molar-refractivity contribution in [2.24, 2.45) is 11.7 Å². The van der Waals surface area contributed by atoms with E-state index in [1.807, 2.05) is 45.9 Å². The van der Waals surface area contributed by atoms with E-state index in [0.29, 0.717) is 16.4 Å². The Labute approximate surface area is 175 Å². The third-order valence-corrected chi connectivity index (χ3v) is 6.88. The van der Waals surface area contributed by atoms with E-state index in [2.05, 4.69) is 4.57 Å². The number of primary amides is 1. The molecule has 0 unspecified atom stereocenters. The Kier molecular flexibility index (Phi) is 6.22. The molecule has 1 aliphatic carbocycles. The van der Waals surface area contributed by atoms with Gasteiger partial charge in [-0.2, -0.15) is 0 Å². The molecule has 1 amide bonds. The van der Waals surface area contributed by atoms with Crippen LogP contribution in [0.15, 0.2) is 29.2 Å². The maximum Gasteiger partial charge on any atom is 0.250 e. The van der Waals surface area contributed by atoms with Crippen LogP contribution in [0.25, 0.3) is 11.3 Å². The lowest BCUT2D eigenvalue weighted by Crippen LogP contribution is -2.17. The van der Waals surface area contributed by atoms with Crippen molar-refractivity contribution in [1.29, 1.82) is 0 Å². The summed E-state index contributed by atoms with van der Waals surface area (Å²) in [6.45, 7) is 8.83. The second-order valence-corrected chi connectivity index (χ2v) is 10.2. The molecule has 1 aliphatic rings. The van der Waals surface area contributed by atoms with Gasteiger partial charge >= 0.3 is 0 Å². The first-order valence-corrected chi connectivity index (χ1v) is 11.6. The summed E-state index contributed by atoms with van der Waals surface area (Å²) < 4.78 is 25.7. The fourth-order valence-electron chi connectivity index (χ4n) is 4.45. The van der Waals surface area contributed by atoms with Gasteiger partial charge in [0.15, 0.2) is 10.7 Å². The molecule has 1 aromatic heterocycles. The molecule has 0 bridgehead atoms. The van der Waals surface area contributed by atoms with Crippen LogP contribution >= 0.6 is 0 Å². The standard InChI is InChI=1S/C23H32N2O3S/c1-15-18(22(24)26)13-20(25(15)14-16-8-6-5-7-9-16)17-10-11-21(29(27)28)19(12-17)23(2,3)4/h10-13,16,29H,5-9,14H2,1-4H3,(H2,24,26). The Morgan fingerprint density at radius 2 is 1.79 bits per heavy atom. The summed E-state index contributed by atoms with van der Waals surface area (Å²) in [5, 5.41) is 0. The van der Waals surface area contributed by atoms with E-state index in [9.17, 15) is 13.2 Å². The zero-order chi connectivity index (χ0) is 21.3. The molecule has 1 fully saturated rings. The number of nitrogens with zero attached hydrogens (tertiary/aromatic N) is 1. The molecular formula is C23H32N2O3S. The number of aromatic nitrogens is 1. The first kappa shape index (κ1) is 21.6. The zero-order valence-corrected chi connectivity index (χ0v) is 18.7. The summed E-state index contributed by atoms with van der Waals surface area (Å²) in [7, 11) is -2.68. The predicted octanol–water partition coefficient (Wildman–Crippen LogP) is 4.41. The van der Waals surface area contributed by atoms with E-state index in [1.165, 1.54) is 32.1 Å². The Morgan fingerprint density at radius 3 is 2.34 bits per heavy atom. The number of rotatable bonds is 5. The topological polar surface area (TPSA) is 82.2 Å². The van der Waals surface area contributed by atoms with Gasteiger partial charge in [0.1, 0.15) is 0 Å². The van der Waals surface area contributed by atoms with Crippen molar-refractivity contribution in [1.82, 2.24) is 4.57 Å². The van der Waals surface area contributed by atoms with Gasteiger partial charge in [-0.3, -0.25) is 4.79 Å². The number of amides is 1. The van der Waals surface area contributed by atoms with Crippen molar-refractivity contribution in [3.05, 3.63) is 41.1 Å². The van der Waals surface area contributed by atoms with Crippen LogP contribution in [0, 0.1) is 12.8 Å². The molecule has 1 saturated carbocycles. The van der Waals surface area contributed by atoms with Crippen LogP contribution in [0.3, 0.4) is 0 Å². The van der Waals surface area contributed by atoms with Gasteiger partial charge in [-0.15, -0.1) is 0 Å². The maximum absolute atomic E-state index is 12.0. The third-order valence-electron chi connectivity index (χ3n) is 6.09. The highest BCUT2D eigenvalue weighted by Gasteiger charge is 2.24. The highest BCUT2D eigenvalue weighted by molar-refractivity contribution is 7.72. The van der Waals surface area contributed by atoms with Crippen LogP contribution in [0.5, 0.6) is 0 Å². The maximum atomic E-state index is 12.0. The van der Waals surface area contributed by atoms with Gasteiger partial charge in [0.2, 0.25) is 0 Å². The molecule has 6 heteroatoms. The van der Waals surface area contributed by atoms with Crippen molar-refractivity contribution in [2.45, 2.75) is 76.7 Å². The molecule has 158 valence electrons. The van der Waals surface area contributed by atoms with Crippen molar-refractivity contribution >= 4 is 16.6 Å². The minimum Gasteiger partial charge on any atom is -0.366 e. The van der Waals surface area contributed by atoms with E-state index in [-0.39, 0.29) is 5.41 Å². The second kappa shape index (κ2) is 8.34. The summed E-state index contributed by atoms with van der Waals surface area (Å²) in [6.07, 6.45) is 6.20. The van der Waals surface area contributed by atoms with Crippen molar-refractivity contribution in [2.75, 3.05) is 0 Å². The highest BCUT2D eigenvalue weighted by atomic mass is 32.2. The van der Waals surface area contributed by atoms with E-state index in [4.69, 9.17) is 5.73 Å². The van der Waals surface area contributed by atoms with Crippen LogP contribution in [-0.4, -0.2) is 18.9 Å². The molecule has 2 aromatic rings. The van der Waals surface area contributed by atoms with Gasteiger partial charge in [0, 0.05) is 17.9 Å². The number of nitrogens with two attached hydrogens (primary N) is 1. The molecule has 5 nitrogen and oxygen atoms in total. The number of hydrogen-bond acceptors (Lipinski definition) is 3. The molecule has 3 rings (SSSR count). The number of benzene rings is 1. The van der Waals surface area contributed by atoms with Gasteiger partial charge in [0.25, 0.3) is 5.91 Å². The minimum absolute atomic E-state index is 0.316. The quantitative estimate of drug-likeness (QED) is 0.708. The molecule has 0 aliphatic heterocycles. The minimum atomic E-state index is -2.68. The molecule has 1 aromatic carbocycles. The van der Waals surface area contributed by atoms with Crippen LogP contribution in [0.1, 0.15) is 74.5 Å². The zero-order valence-electron chi connectivity index (χ0n) is 17.8. The van der Waals surface area contributed by atoms with Crippen LogP contribution in [0.2, 0.25) is 0 Å². The Bertz CT molecular complexity index is 982. The summed E-state index contributed by atoms with van der Waals surface area (Å²) in [4.78, 5) is 12.4. The predicted molar refractivity (Wildman–Crippen MR) is 117 cm³/mol. The van der Waals surface area contributed by atoms with E-state index in [1.54, 1.807) is 6.07 Å². The normalized spacial score (nSPS) is 15.8. The number of carbonyl (C=O) groups is 1. The number of hydrogen-bond donors (Lipinski definition) is 2. The van der Waals surface area contributed by atoms with Crippen LogP contribution in [0.4, 0.5) is 0 Å². The van der Waals surface area contributed by atoms with Gasteiger partial charge in [-0.25, -0.2) is 8.42 Å². The Morgan fingerprint density at radius 1 is 1.14 bits per heavy atom. The van der Waals surface area contributed by atoms with Gasteiger partial charge in [-0.1, -0.05) is 46.1 Å². The first-order valence-electron chi connectivity index (χ1n) is 10.4. The highest BCUT2D eigenvalue weighted by Crippen LogP contribution is 2.35. The van der Waals surface area contributed by atoms with E-state index < -0.39 is 16.6 Å². The van der Waals surface area contributed by atoms with Crippen molar-refractivity contribution < 1.29 is 13.2 Å². The third kappa shape index (κ3) is 4.58. The van der Waals surface area contributed by atoms with Crippen molar-refractivity contribution in [3.63, 3.8) is 0 Å². The molecule has 1 heterocycles. The monoisotopic (exact) mass is 416 g/mol. The molecule has 29 heavy (non-hydrogen) atoms. The lowest BCUT2D eigenvalue weighted by Gasteiger charge is -2.25. The van der Waals surface area contributed by atoms with Crippen molar-refractivity contribution in [3.8, 4) is 11.3 Å². The Hall–Kier alpha value is -2.08. The second-order valence-electron chi connectivity index (χ2n) is 9.25. The summed E-state index contributed by atoms with van der Waals surface area (Å²) >= 11 is 0. The number of thiol groups is 1. The van der Waals surface area contributed by atoms with Crippen LogP contribution in [-0.2, 0) is 22.7 Å². The first-order chi connectivity index (χ1) is 13.6. The van der Waals surface area contributed by atoms with Gasteiger partial charge in [0.05, 0.1) is 10.5 Å². The summed E-state index contributed by atoms with van der Waals surface area (Å²) in [5.41, 5.74) is 9.38. The average Bonchev–Trinajstić information content (AvgIpc) is 2.98. The lowest BCUT2D eigenvalue weighted by atomic mass is 9.85. The van der Waals surface area contributed by atoms with Gasteiger partial charge in [-0.05, 0) is 60.4 Å². The molecular weight excluding hydrogens is 384 g/mol. The fourth-order valence-corrected chi connectivity index (χ4v) is 5.25. The SMILES string of the molecule is Cc1c(C(N)=O)cc(-c2ccc([SH](=O)=O)c(C(C)(C)C)c2)n1CC1CCCCC1. The molecule has 2 N–H and O–H groups in total. The summed E-state index contributed by atoms with van der Waals surface area (Å²) in [6, 6.07) is 7.34. The fraction of sp³-hybridized carbons (Fsp3) is 0.522. The lowest BCUT2D eigenvalue weighted by molar-refractivity contribution is 0.0999. The molecule has 0 saturated heterocycles. The van der Waals surface area contributed by atoms with Crippen LogP contribution < -0.4 is 5.73 Å². The Balaban J connectivity index is 2.14. The molecule has 0 spiro atoms. The molecule has 0 radical (unpaired) electrons. The molecule has 0 atom stereocenters. The van der Waals surface area contributed by atoms with E-state index in [0.717, 1.165) is 29.1 Å². The smallest absolute Gasteiger partial charge is 0.250 e. The largest absolute Gasteiger partial charge is 0.366 e. The average molecular weight is 417 g/mol. The van der Waals surface area contributed by atoms with Gasteiger partial charge < -0.3 is 10.3 Å².